The van der Waals surface area contributed by atoms with E-state index in [4.69, 9.17) is 5.11 Å². The summed E-state index contributed by atoms with van der Waals surface area (Å²) >= 11 is 0. The third kappa shape index (κ3) is 3.42. The summed E-state index contributed by atoms with van der Waals surface area (Å²) < 4.78 is 1.62. The summed E-state index contributed by atoms with van der Waals surface area (Å²) in [6.45, 7) is 1.40. The van der Waals surface area contributed by atoms with Crippen LogP contribution < -0.4 is 0 Å². The van der Waals surface area contributed by atoms with Gasteiger partial charge in [0.1, 0.15) is 5.56 Å². The lowest BCUT2D eigenvalue weighted by Gasteiger charge is -2.17. The van der Waals surface area contributed by atoms with Crippen LogP contribution >= 0.6 is 0 Å². The second-order valence-electron chi connectivity index (χ2n) is 4.78. The summed E-state index contributed by atoms with van der Waals surface area (Å²) in [5.74, 6) is -0.935. The SMILES string of the molecule is CN(CCc1ccncc1)Cc1c(C(=O)O)cnn1C. The van der Waals surface area contributed by atoms with E-state index in [1.807, 2.05) is 19.2 Å². The van der Waals surface area contributed by atoms with Crippen LogP contribution in [-0.4, -0.2) is 44.3 Å². The highest BCUT2D eigenvalue weighted by Gasteiger charge is 2.16. The van der Waals surface area contributed by atoms with Crippen molar-refractivity contribution in [3.63, 3.8) is 0 Å². The Morgan fingerprint density at radius 2 is 2.10 bits per heavy atom. The van der Waals surface area contributed by atoms with E-state index in [0.29, 0.717) is 6.54 Å². The molecule has 6 heteroatoms. The highest BCUT2D eigenvalue weighted by Crippen LogP contribution is 2.10. The van der Waals surface area contributed by atoms with Crippen molar-refractivity contribution in [3.05, 3.63) is 47.5 Å². The van der Waals surface area contributed by atoms with Gasteiger partial charge in [-0.1, -0.05) is 0 Å². The lowest BCUT2D eigenvalue weighted by molar-refractivity contribution is 0.0694. The third-order valence-corrected chi connectivity index (χ3v) is 3.24. The average Bonchev–Trinajstić information content (AvgIpc) is 2.79. The zero-order valence-electron chi connectivity index (χ0n) is 11.7. The summed E-state index contributed by atoms with van der Waals surface area (Å²) in [7, 11) is 3.73. The van der Waals surface area contributed by atoms with Crippen molar-refractivity contribution in [1.82, 2.24) is 19.7 Å². The molecule has 0 unspecified atom stereocenters. The highest BCUT2D eigenvalue weighted by atomic mass is 16.4. The first kappa shape index (κ1) is 14.2. The monoisotopic (exact) mass is 274 g/mol. The number of likely N-dealkylation sites (N-methyl/N-ethyl adjacent to an activating group) is 1. The number of carboxylic acid groups (broad SMARTS) is 1. The molecular weight excluding hydrogens is 256 g/mol. The van der Waals surface area contributed by atoms with Gasteiger partial charge in [0, 0.05) is 32.5 Å². The summed E-state index contributed by atoms with van der Waals surface area (Å²) in [6.07, 6.45) is 5.85. The van der Waals surface area contributed by atoms with Crippen LogP contribution in [0.3, 0.4) is 0 Å². The summed E-state index contributed by atoms with van der Waals surface area (Å²) in [6, 6.07) is 3.97. The second-order valence-corrected chi connectivity index (χ2v) is 4.78. The van der Waals surface area contributed by atoms with Crippen LogP contribution in [0.25, 0.3) is 0 Å². The van der Waals surface area contributed by atoms with E-state index >= 15 is 0 Å². The van der Waals surface area contributed by atoms with Gasteiger partial charge < -0.3 is 10.0 Å². The van der Waals surface area contributed by atoms with Gasteiger partial charge in [0.2, 0.25) is 0 Å². The van der Waals surface area contributed by atoms with E-state index in [-0.39, 0.29) is 5.56 Å². The maximum atomic E-state index is 11.1. The van der Waals surface area contributed by atoms with E-state index in [9.17, 15) is 4.79 Å². The number of rotatable bonds is 6. The smallest absolute Gasteiger partial charge is 0.339 e. The predicted octanol–water partition coefficient (Wildman–Crippen LogP) is 1.19. The van der Waals surface area contributed by atoms with E-state index < -0.39 is 5.97 Å². The quantitative estimate of drug-likeness (QED) is 0.856. The van der Waals surface area contributed by atoms with Crippen LogP contribution in [0.4, 0.5) is 0 Å². The van der Waals surface area contributed by atoms with Gasteiger partial charge >= 0.3 is 5.97 Å². The molecule has 0 aliphatic rings. The molecule has 2 aromatic rings. The Labute approximate surface area is 117 Å². The zero-order chi connectivity index (χ0) is 14.5. The molecule has 0 radical (unpaired) electrons. The first-order valence-corrected chi connectivity index (χ1v) is 6.39. The molecule has 6 nitrogen and oxygen atoms in total. The van der Waals surface area contributed by atoms with Crippen LogP contribution in [0.1, 0.15) is 21.6 Å². The maximum Gasteiger partial charge on any atom is 0.339 e. The van der Waals surface area contributed by atoms with Crippen LogP contribution in [0.15, 0.2) is 30.7 Å². The number of hydrogen-bond acceptors (Lipinski definition) is 4. The van der Waals surface area contributed by atoms with Crippen molar-refractivity contribution in [1.29, 1.82) is 0 Å². The third-order valence-electron chi connectivity index (χ3n) is 3.24. The highest BCUT2D eigenvalue weighted by molar-refractivity contribution is 5.88. The lowest BCUT2D eigenvalue weighted by atomic mass is 10.2. The molecular formula is C14H18N4O2. The number of aromatic nitrogens is 3. The average molecular weight is 274 g/mol. The predicted molar refractivity (Wildman–Crippen MR) is 74.4 cm³/mol. The van der Waals surface area contributed by atoms with E-state index in [0.717, 1.165) is 18.7 Å². The van der Waals surface area contributed by atoms with Gasteiger partial charge in [-0.2, -0.15) is 5.10 Å². The molecule has 0 saturated carbocycles. The van der Waals surface area contributed by atoms with Crippen molar-refractivity contribution < 1.29 is 9.90 Å². The van der Waals surface area contributed by atoms with Gasteiger partial charge in [0.05, 0.1) is 11.9 Å². The first-order valence-electron chi connectivity index (χ1n) is 6.39. The van der Waals surface area contributed by atoms with Crippen molar-refractivity contribution in [2.45, 2.75) is 13.0 Å². The fourth-order valence-corrected chi connectivity index (χ4v) is 2.03. The van der Waals surface area contributed by atoms with Gasteiger partial charge in [0.25, 0.3) is 0 Å². The minimum atomic E-state index is -0.935. The fourth-order valence-electron chi connectivity index (χ4n) is 2.03. The van der Waals surface area contributed by atoms with Crippen LogP contribution in [0.5, 0.6) is 0 Å². The summed E-state index contributed by atoms with van der Waals surface area (Å²) in [4.78, 5) is 17.2. The minimum Gasteiger partial charge on any atom is -0.478 e. The Bertz CT molecular complexity index is 580. The van der Waals surface area contributed by atoms with Gasteiger partial charge in [-0.25, -0.2) is 4.79 Å². The zero-order valence-corrected chi connectivity index (χ0v) is 11.7. The van der Waals surface area contributed by atoms with Crippen molar-refractivity contribution in [2.24, 2.45) is 7.05 Å². The number of aromatic carboxylic acids is 1. The Balaban J connectivity index is 1.96. The maximum absolute atomic E-state index is 11.1. The number of pyridine rings is 1. The lowest BCUT2D eigenvalue weighted by Crippen LogP contribution is -2.23. The number of carbonyl (C=O) groups is 1. The molecule has 2 heterocycles. The Kier molecular flexibility index (Phi) is 4.47. The molecule has 0 aliphatic carbocycles. The topological polar surface area (TPSA) is 71.2 Å². The number of carboxylic acids is 1. The molecule has 2 aromatic heterocycles. The molecule has 0 fully saturated rings. The van der Waals surface area contributed by atoms with E-state index in [2.05, 4.69) is 15.0 Å². The molecule has 106 valence electrons. The fraction of sp³-hybridized carbons (Fsp3) is 0.357. The Morgan fingerprint density at radius 3 is 2.75 bits per heavy atom. The van der Waals surface area contributed by atoms with E-state index in [1.54, 1.807) is 24.1 Å². The molecule has 0 bridgehead atoms. The van der Waals surface area contributed by atoms with Gasteiger partial charge in [0.15, 0.2) is 0 Å². The Hall–Kier alpha value is -2.21. The molecule has 0 aromatic carbocycles. The molecule has 0 saturated heterocycles. The molecule has 20 heavy (non-hydrogen) atoms. The number of aryl methyl sites for hydroxylation is 1. The standard InChI is InChI=1S/C14H18N4O2/c1-17(8-5-11-3-6-15-7-4-11)10-13-12(14(19)20)9-16-18(13)2/h3-4,6-7,9H,5,8,10H2,1-2H3,(H,19,20). The van der Waals surface area contributed by atoms with Gasteiger partial charge in [-0.05, 0) is 31.2 Å². The molecule has 0 atom stereocenters. The van der Waals surface area contributed by atoms with Crippen molar-refractivity contribution >= 4 is 5.97 Å². The summed E-state index contributed by atoms with van der Waals surface area (Å²) in [5.41, 5.74) is 2.20. The van der Waals surface area contributed by atoms with Crippen molar-refractivity contribution in [2.75, 3.05) is 13.6 Å². The minimum absolute atomic E-state index is 0.267. The number of hydrogen-bond donors (Lipinski definition) is 1. The first-order chi connectivity index (χ1) is 9.58. The Morgan fingerprint density at radius 1 is 1.40 bits per heavy atom. The number of nitrogens with zero attached hydrogens (tertiary/aromatic N) is 4. The van der Waals surface area contributed by atoms with E-state index in [1.165, 1.54) is 11.8 Å². The second kappa shape index (κ2) is 6.29. The van der Waals surface area contributed by atoms with Crippen LogP contribution in [-0.2, 0) is 20.0 Å². The largest absolute Gasteiger partial charge is 0.478 e. The molecule has 1 N–H and O–H groups in total. The van der Waals surface area contributed by atoms with Gasteiger partial charge in [-0.3, -0.25) is 9.67 Å². The molecule has 0 aliphatic heterocycles. The molecule has 2 rings (SSSR count). The van der Waals surface area contributed by atoms with Crippen LogP contribution in [0.2, 0.25) is 0 Å². The molecule has 0 amide bonds. The van der Waals surface area contributed by atoms with Crippen molar-refractivity contribution in [3.8, 4) is 0 Å². The van der Waals surface area contributed by atoms with Crippen LogP contribution in [0, 0.1) is 0 Å². The normalized spacial score (nSPS) is 10.9. The summed E-state index contributed by atoms with van der Waals surface area (Å²) in [5, 5.41) is 13.1. The molecule has 0 spiro atoms. The van der Waals surface area contributed by atoms with Gasteiger partial charge in [-0.15, -0.1) is 0 Å².